The van der Waals surface area contributed by atoms with Gasteiger partial charge in [0.15, 0.2) is 6.07 Å². The summed E-state index contributed by atoms with van der Waals surface area (Å²) in [5, 5.41) is 14.7. The molecule has 0 rings (SSSR count). The molecule has 0 saturated heterocycles. The van der Waals surface area contributed by atoms with E-state index in [9.17, 15) is 0 Å². The first-order valence-corrected chi connectivity index (χ1v) is 0.901. The zero-order valence-corrected chi connectivity index (χ0v) is 4.36. The van der Waals surface area contributed by atoms with E-state index in [4.69, 9.17) is 15.2 Å². The summed E-state index contributed by atoms with van der Waals surface area (Å²) in [6.07, 6.45) is 0. The van der Waals surface area contributed by atoms with Crippen molar-refractivity contribution in [2.45, 2.75) is 0 Å². The Bertz CT molecular complexity index is 84.0. The predicted octanol–water partition coefficient (Wildman–Crippen LogP) is -0.408. The number of hydrogen-bond donors (Lipinski definition) is 1. The molecule has 6 heavy (non-hydrogen) atoms. The Morgan fingerprint density at radius 1 is 1.83 bits per heavy atom. The number of nitrogens with zero attached hydrogens (tertiary/aromatic N) is 1. The van der Waals surface area contributed by atoms with E-state index < -0.39 is 5.97 Å². The zero-order valence-electron chi connectivity index (χ0n) is 2.80. The number of carbonyl (C=O) groups is 1. The Hall–Kier alpha value is -0.326. The molecule has 0 heterocycles. The first-order valence-electron chi connectivity index (χ1n) is 0.901. The quantitative estimate of drug-likeness (QED) is 0.268. The molecule has 30 valence electrons. The molecule has 0 bridgehead atoms. The van der Waals surface area contributed by atoms with Crippen molar-refractivity contribution in [3.63, 3.8) is 0 Å². The van der Waals surface area contributed by atoms with Crippen LogP contribution in [0.25, 0.3) is 0 Å². The van der Waals surface area contributed by atoms with Gasteiger partial charge in [0.2, 0.25) is 0 Å². The Labute approximate surface area is 49.5 Å². The first-order chi connectivity index (χ1) is 2.27. The van der Waals surface area contributed by atoms with Crippen LogP contribution >= 0.6 is 0 Å². The van der Waals surface area contributed by atoms with Crippen LogP contribution in [0.3, 0.4) is 0 Å². The molecule has 0 atom stereocenters. The van der Waals surface area contributed by atoms with Crippen LogP contribution in [0.4, 0.5) is 0 Å². The zero-order chi connectivity index (χ0) is 4.28. The van der Waals surface area contributed by atoms with Crippen LogP contribution in [0.2, 0.25) is 0 Å². The van der Waals surface area contributed by atoms with E-state index in [1.54, 1.807) is 0 Å². The van der Waals surface area contributed by atoms with Gasteiger partial charge in [0.05, 0.1) is 0 Å². The van der Waals surface area contributed by atoms with Crippen molar-refractivity contribution in [1.82, 2.24) is 0 Å². The molecule has 1 N–H and O–H groups in total. The summed E-state index contributed by atoms with van der Waals surface area (Å²) in [4.78, 5) is 9.01. The second-order valence-corrected chi connectivity index (χ2v) is 0.417. The van der Waals surface area contributed by atoms with Crippen LogP contribution in [0.1, 0.15) is 0 Å². The van der Waals surface area contributed by atoms with Crippen LogP contribution in [0.5, 0.6) is 0 Å². The van der Waals surface area contributed by atoms with Gasteiger partial charge in [0, 0.05) is 21.7 Å². The molecule has 0 amide bonds. The van der Waals surface area contributed by atoms with Crippen LogP contribution in [0, 0.1) is 11.3 Å². The summed E-state index contributed by atoms with van der Waals surface area (Å²) in [5.74, 6) is -1.44. The summed E-state index contributed by atoms with van der Waals surface area (Å²) in [5.41, 5.74) is 0. The minimum Gasteiger partial charge on any atom is -0.470 e. The third kappa shape index (κ3) is 9.37. The molecule has 0 aromatic rings. The monoisotopic (exact) mass is 119 g/mol. The minimum atomic E-state index is -1.44. The largest absolute Gasteiger partial charge is 0.470 e. The number of rotatable bonds is 0. The van der Waals surface area contributed by atoms with E-state index in [0.29, 0.717) is 0 Å². The van der Waals surface area contributed by atoms with E-state index in [1.165, 1.54) is 0 Å². The molecule has 0 aliphatic carbocycles. The Morgan fingerprint density at radius 2 is 2.00 bits per heavy atom. The third-order valence-corrected chi connectivity index (χ3v) is 0.0956. The van der Waals surface area contributed by atoms with Crippen LogP contribution in [0.15, 0.2) is 0 Å². The fourth-order valence-electron chi connectivity index (χ4n) is 0. The summed E-state index contributed by atoms with van der Waals surface area (Å²) in [7, 11) is 0. The smallest absolute Gasteiger partial charge is 0.408 e. The van der Waals surface area contributed by atoms with Crippen LogP contribution in [-0.2, 0) is 26.5 Å². The van der Waals surface area contributed by atoms with E-state index >= 15 is 0 Å². The standard InChI is InChI=1S/C2HNO2.Ti/c3-1-2(4)5;/h(H,4,5);. The van der Waals surface area contributed by atoms with Gasteiger partial charge < -0.3 is 5.11 Å². The average molecular weight is 119 g/mol. The van der Waals surface area contributed by atoms with Gasteiger partial charge in [-0.15, -0.1) is 0 Å². The van der Waals surface area contributed by atoms with Gasteiger partial charge >= 0.3 is 5.97 Å². The topological polar surface area (TPSA) is 61.1 Å². The summed E-state index contributed by atoms with van der Waals surface area (Å²) < 4.78 is 0. The first kappa shape index (κ1) is 9.18. The van der Waals surface area contributed by atoms with Crippen molar-refractivity contribution >= 4 is 5.97 Å². The van der Waals surface area contributed by atoms with Gasteiger partial charge in [-0.2, -0.15) is 5.26 Å². The normalized spacial score (nSPS) is 4.50. The van der Waals surface area contributed by atoms with E-state index in [1.807, 2.05) is 0 Å². The van der Waals surface area contributed by atoms with Gasteiger partial charge in [-0.3, -0.25) is 0 Å². The number of carboxylic acid groups (broad SMARTS) is 1. The fraction of sp³-hybridized carbons (Fsp3) is 0. The summed E-state index contributed by atoms with van der Waals surface area (Å²) >= 11 is 0. The van der Waals surface area contributed by atoms with E-state index in [-0.39, 0.29) is 21.7 Å². The maximum absolute atomic E-state index is 9.01. The molecule has 0 aromatic carbocycles. The molecule has 0 fully saturated rings. The van der Waals surface area contributed by atoms with E-state index in [0.717, 1.165) is 6.07 Å². The summed E-state index contributed by atoms with van der Waals surface area (Å²) in [6, 6.07) is 0.944. The molecule has 0 aliphatic rings. The number of aliphatic carboxylic acids is 1. The van der Waals surface area contributed by atoms with Crippen molar-refractivity contribution < 1.29 is 31.6 Å². The second-order valence-electron chi connectivity index (χ2n) is 0.417. The molecule has 0 aromatic heterocycles. The molecule has 0 spiro atoms. The van der Waals surface area contributed by atoms with Crippen molar-refractivity contribution in [2.75, 3.05) is 0 Å². The number of hydrogen-bond acceptors (Lipinski definition) is 2. The van der Waals surface area contributed by atoms with Gasteiger partial charge in [-0.1, -0.05) is 0 Å². The molecule has 0 radical (unpaired) electrons. The second kappa shape index (κ2) is 4.67. The van der Waals surface area contributed by atoms with Crippen molar-refractivity contribution in [2.24, 2.45) is 0 Å². The maximum atomic E-state index is 9.01. The molecule has 0 unspecified atom stereocenters. The molecule has 3 nitrogen and oxygen atoms in total. The van der Waals surface area contributed by atoms with Gasteiger partial charge in [0.25, 0.3) is 0 Å². The van der Waals surface area contributed by atoms with Crippen molar-refractivity contribution in [1.29, 1.82) is 5.26 Å². The molecule has 0 aliphatic heterocycles. The van der Waals surface area contributed by atoms with Gasteiger partial charge in [-0.05, 0) is 0 Å². The minimum absolute atomic E-state index is 0. The maximum Gasteiger partial charge on any atom is 0.408 e. The molecule has 4 heteroatoms. The Balaban J connectivity index is 0. The number of carboxylic acids is 1. The average Bonchev–Trinajstić information content (AvgIpc) is 1.38. The SMILES string of the molecule is N#CC(=O)O.[Ti]. The van der Waals surface area contributed by atoms with Gasteiger partial charge in [-0.25, -0.2) is 4.79 Å². The Kier molecular flexibility index (Phi) is 7.15. The Morgan fingerprint density at radius 3 is 2.00 bits per heavy atom. The number of nitriles is 1. The van der Waals surface area contributed by atoms with Crippen molar-refractivity contribution in [3.05, 3.63) is 0 Å². The van der Waals surface area contributed by atoms with Crippen molar-refractivity contribution in [3.8, 4) is 6.07 Å². The summed E-state index contributed by atoms with van der Waals surface area (Å²) in [6.45, 7) is 0. The third-order valence-electron chi connectivity index (χ3n) is 0.0956. The van der Waals surface area contributed by atoms with Crippen LogP contribution < -0.4 is 0 Å². The molecular formula is C2HNO2Ti. The molecular weight excluding hydrogens is 118 g/mol. The molecule has 0 saturated carbocycles. The predicted molar refractivity (Wildman–Crippen MR) is 13.2 cm³/mol. The van der Waals surface area contributed by atoms with E-state index in [2.05, 4.69) is 0 Å². The van der Waals surface area contributed by atoms with Crippen LogP contribution in [-0.4, -0.2) is 11.1 Å². The fourth-order valence-corrected chi connectivity index (χ4v) is 0. The van der Waals surface area contributed by atoms with Gasteiger partial charge in [0.1, 0.15) is 0 Å².